The van der Waals surface area contributed by atoms with Crippen LogP contribution in [0.3, 0.4) is 0 Å². The van der Waals surface area contributed by atoms with Crippen molar-refractivity contribution < 1.29 is 4.79 Å². The number of carbonyl (C=O) groups is 1. The molecular weight excluding hydrogens is 316 g/mol. The summed E-state index contributed by atoms with van der Waals surface area (Å²) in [6.07, 6.45) is 1.97. The average Bonchev–Trinajstić information content (AvgIpc) is 2.66. The molecule has 134 valence electrons. The molecule has 2 heterocycles. The predicted molar refractivity (Wildman–Crippen MR) is 99.5 cm³/mol. The number of fused-ring (bicyclic) bond motifs is 1. The number of benzene rings is 1. The molecule has 0 radical (unpaired) electrons. The fourth-order valence-corrected chi connectivity index (χ4v) is 3.03. The third-order valence-corrected chi connectivity index (χ3v) is 4.47. The molecule has 7 nitrogen and oxygen atoms in total. The van der Waals surface area contributed by atoms with Crippen molar-refractivity contribution in [2.45, 2.75) is 13.0 Å². The van der Waals surface area contributed by atoms with Crippen molar-refractivity contribution in [1.82, 2.24) is 25.1 Å². The fraction of sp³-hybridized carbons (Fsp3) is 0.500. The van der Waals surface area contributed by atoms with E-state index in [4.69, 9.17) is 9.97 Å². The number of hydrogen-bond acceptors (Lipinski definition) is 6. The van der Waals surface area contributed by atoms with E-state index >= 15 is 0 Å². The molecule has 3 rings (SSSR count). The van der Waals surface area contributed by atoms with Crippen LogP contribution in [-0.2, 0) is 11.3 Å². The maximum absolute atomic E-state index is 10.8. The van der Waals surface area contributed by atoms with Gasteiger partial charge in [0, 0.05) is 38.1 Å². The summed E-state index contributed by atoms with van der Waals surface area (Å²) in [6.45, 7) is 5.82. The number of carbonyl (C=O) groups excluding carboxylic acids is 1. The van der Waals surface area contributed by atoms with E-state index < -0.39 is 0 Å². The summed E-state index contributed by atoms with van der Waals surface area (Å²) < 4.78 is 0. The first-order valence-corrected chi connectivity index (χ1v) is 8.86. The molecule has 1 aliphatic heterocycles. The number of nitrogens with zero attached hydrogens (tertiary/aromatic N) is 4. The smallest absolute Gasteiger partial charge is 0.209 e. The van der Waals surface area contributed by atoms with Gasteiger partial charge < -0.3 is 15.5 Å². The van der Waals surface area contributed by atoms with Crippen LogP contribution >= 0.6 is 0 Å². The topological polar surface area (TPSA) is 73.4 Å². The Labute approximate surface area is 148 Å². The second-order valence-corrected chi connectivity index (χ2v) is 6.31. The predicted octanol–water partition coefficient (Wildman–Crippen LogP) is 0.925. The van der Waals surface area contributed by atoms with Crippen LogP contribution in [-0.4, -0.2) is 72.5 Å². The monoisotopic (exact) mass is 342 g/mol. The quantitative estimate of drug-likeness (QED) is 0.549. The number of amides is 1. The normalized spacial score (nSPS) is 15.5. The Morgan fingerprint density at radius 3 is 2.68 bits per heavy atom. The number of hydrogen-bond donors (Lipinski definition) is 2. The van der Waals surface area contributed by atoms with Crippen molar-refractivity contribution in [3.05, 3.63) is 30.1 Å². The lowest BCUT2D eigenvalue weighted by Gasteiger charge is -2.32. The summed E-state index contributed by atoms with van der Waals surface area (Å²) in [5, 5.41) is 7.67. The van der Waals surface area contributed by atoms with Crippen molar-refractivity contribution in [3.63, 3.8) is 0 Å². The van der Waals surface area contributed by atoms with Crippen molar-refractivity contribution in [3.8, 4) is 0 Å². The highest BCUT2D eigenvalue weighted by molar-refractivity contribution is 5.88. The van der Waals surface area contributed by atoms with Gasteiger partial charge in [-0.2, -0.15) is 0 Å². The highest BCUT2D eigenvalue weighted by atomic mass is 16.1. The standard InChI is InChI=1S/C18H26N6O/c1-19-7-4-8-20-18-15-5-2-3-6-16(15)21-17(22-18)13-23-9-11-24(14-25)12-10-23/h2-3,5-6,14,19H,4,7-13H2,1H3,(H,20,21,22). The largest absolute Gasteiger partial charge is 0.369 e. The number of aromatic nitrogens is 2. The molecule has 1 amide bonds. The summed E-state index contributed by atoms with van der Waals surface area (Å²) in [5.74, 6) is 1.73. The van der Waals surface area contributed by atoms with Gasteiger partial charge >= 0.3 is 0 Å². The Hall–Kier alpha value is -2.25. The zero-order valence-corrected chi connectivity index (χ0v) is 14.7. The molecule has 7 heteroatoms. The number of nitrogens with one attached hydrogen (secondary N) is 2. The van der Waals surface area contributed by atoms with Gasteiger partial charge in [0.2, 0.25) is 6.41 Å². The van der Waals surface area contributed by atoms with E-state index in [1.54, 1.807) is 0 Å². The Bertz CT molecular complexity index is 699. The van der Waals surface area contributed by atoms with Crippen molar-refractivity contribution in [2.75, 3.05) is 51.6 Å². The van der Waals surface area contributed by atoms with E-state index in [-0.39, 0.29) is 0 Å². The van der Waals surface area contributed by atoms with Crippen LogP contribution in [0.25, 0.3) is 10.9 Å². The van der Waals surface area contributed by atoms with Crippen molar-refractivity contribution in [2.24, 2.45) is 0 Å². The molecule has 1 aliphatic rings. The maximum atomic E-state index is 10.8. The molecular formula is C18H26N6O. The Balaban J connectivity index is 1.73. The summed E-state index contributed by atoms with van der Waals surface area (Å²) in [5.41, 5.74) is 0.968. The van der Waals surface area contributed by atoms with Gasteiger partial charge in [-0.3, -0.25) is 9.69 Å². The lowest BCUT2D eigenvalue weighted by Crippen LogP contribution is -2.45. The molecule has 2 aromatic rings. The SMILES string of the molecule is CNCCCNc1nc(CN2CCN(C=O)CC2)nc2ccccc12. The van der Waals surface area contributed by atoms with E-state index in [2.05, 4.69) is 21.6 Å². The van der Waals surface area contributed by atoms with Crippen LogP contribution in [0.2, 0.25) is 0 Å². The number of piperazine rings is 1. The Kier molecular flexibility index (Phi) is 6.14. The highest BCUT2D eigenvalue weighted by Gasteiger charge is 2.17. The van der Waals surface area contributed by atoms with E-state index in [1.807, 2.05) is 30.1 Å². The highest BCUT2D eigenvalue weighted by Crippen LogP contribution is 2.20. The third-order valence-electron chi connectivity index (χ3n) is 4.47. The second kappa shape index (κ2) is 8.73. The minimum absolute atomic E-state index is 0.711. The average molecular weight is 342 g/mol. The molecule has 1 aromatic carbocycles. The van der Waals surface area contributed by atoms with Gasteiger partial charge in [-0.25, -0.2) is 9.97 Å². The van der Waals surface area contributed by atoms with Crippen LogP contribution in [0.15, 0.2) is 24.3 Å². The molecule has 1 fully saturated rings. The molecule has 0 aliphatic carbocycles. The molecule has 0 unspecified atom stereocenters. The number of anilines is 1. The van der Waals surface area contributed by atoms with Crippen molar-refractivity contribution >= 4 is 23.1 Å². The first kappa shape index (κ1) is 17.6. The van der Waals surface area contributed by atoms with Crippen LogP contribution in [0.1, 0.15) is 12.2 Å². The Morgan fingerprint density at radius 2 is 1.92 bits per heavy atom. The summed E-state index contributed by atoms with van der Waals surface area (Å²) in [6, 6.07) is 8.11. The lowest BCUT2D eigenvalue weighted by molar-refractivity contribution is -0.119. The van der Waals surface area contributed by atoms with Crippen LogP contribution < -0.4 is 10.6 Å². The van der Waals surface area contributed by atoms with Gasteiger partial charge in [0.1, 0.15) is 11.6 Å². The third kappa shape index (κ3) is 4.64. The van der Waals surface area contributed by atoms with Gasteiger partial charge in [-0.05, 0) is 32.1 Å². The zero-order chi connectivity index (χ0) is 17.5. The number of para-hydroxylation sites is 1. The van der Waals surface area contributed by atoms with Gasteiger partial charge in [-0.1, -0.05) is 12.1 Å². The summed E-state index contributed by atoms with van der Waals surface area (Å²) in [7, 11) is 1.96. The molecule has 25 heavy (non-hydrogen) atoms. The maximum Gasteiger partial charge on any atom is 0.209 e. The van der Waals surface area contributed by atoms with Gasteiger partial charge in [0.15, 0.2) is 0 Å². The van der Waals surface area contributed by atoms with Crippen molar-refractivity contribution in [1.29, 1.82) is 0 Å². The number of rotatable bonds is 8. The van der Waals surface area contributed by atoms with Crippen LogP contribution in [0, 0.1) is 0 Å². The van der Waals surface area contributed by atoms with E-state index in [0.717, 1.165) is 74.6 Å². The van der Waals surface area contributed by atoms with Crippen LogP contribution in [0.5, 0.6) is 0 Å². The second-order valence-electron chi connectivity index (χ2n) is 6.31. The summed E-state index contributed by atoms with van der Waals surface area (Å²) >= 11 is 0. The molecule has 0 atom stereocenters. The minimum atomic E-state index is 0.711. The molecule has 0 bridgehead atoms. The first-order chi connectivity index (χ1) is 12.3. The Morgan fingerprint density at radius 1 is 1.12 bits per heavy atom. The molecule has 0 spiro atoms. The molecule has 0 saturated carbocycles. The molecule has 1 saturated heterocycles. The fourth-order valence-electron chi connectivity index (χ4n) is 3.03. The summed E-state index contributed by atoms with van der Waals surface area (Å²) in [4.78, 5) is 24.4. The molecule has 1 aromatic heterocycles. The first-order valence-electron chi connectivity index (χ1n) is 8.86. The lowest BCUT2D eigenvalue weighted by atomic mass is 10.2. The minimum Gasteiger partial charge on any atom is -0.369 e. The van der Waals surface area contributed by atoms with Gasteiger partial charge in [0.05, 0.1) is 12.1 Å². The van der Waals surface area contributed by atoms with Gasteiger partial charge in [-0.15, -0.1) is 0 Å². The molecule has 2 N–H and O–H groups in total. The van der Waals surface area contributed by atoms with Crippen LogP contribution in [0.4, 0.5) is 5.82 Å². The van der Waals surface area contributed by atoms with E-state index in [1.165, 1.54) is 0 Å². The van der Waals surface area contributed by atoms with E-state index in [0.29, 0.717) is 6.54 Å². The zero-order valence-electron chi connectivity index (χ0n) is 14.7. The van der Waals surface area contributed by atoms with E-state index in [9.17, 15) is 4.79 Å². The van der Waals surface area contributed by atoms with Gasteiger partial charge in [0.25, 0.3) is 0 Å².